The molecule has 0 aliphatic carbocycles. The minimum absolute atomic E-state index is 0.114. The first kappa shape index (κ1) is 31.0. The largest absolute Gasteiger partial charge is 0.310 e. The summed E-state index contributed by atoms with van der Waals surface area (Å²) in [6, 6.07) is 59.7. The van der Waals surface area contributed by atoms with Gasteiger partial charge in [0.25, 0.3) is 0 Å². The summed E-state index contributed by atoms with van der Waals surface area (Å²) < 4.78 is 0. The molecule has 0 saturated carbocycles. The molecule has 0 spiro atoms. The van der Waals surface area contributed by atoms with Crippen LogP contribution in [-0.4, -0.2) is 0 Å². The van der Waals surface area contributed by atoms with Gasteiger partial charge in [0.05, 0.1) is 11.4 Å². The van der Waals surface area contributed by atoms with E-state index in [0.717, 1.165) is 39.7 Å². The van der Waals surface area contributed by atoms with Crippen molar-refractivity contribution in [3.8, 4) is 11.1 Å². The molecule has 0 heterocycles. The molecule has 7 rings (SSSR count). The standard InChI is InChI=1S/C46H42N2/c1-33-20-25-40(26-21-33)47(39-18-10-7-11-19-39)43-31-38(46(3,4)5)32-44(45(43)36-15-8-6-9-16-36)48(41-27-22-34(2)23-28-41)42-29-24-35-14-12-13-17-37(35)30-42/h6-32H,1-5H3. The lowest BCUT2D eigenvalue weighted by molar-refractivity contribution is 0.590. The smallest absolute Gasteiger partial charge is 0.0564 e. The molecule has 0 unspecified atom stereocenters. The third kappa shape index (κ3) is 6.22. The predicted molar refractivity (Wildman–Crippen MR) is 207 cm³/mol. The van der Waals surface area contributed by atoms with Crippen molar-refractivity contribution in [2.24, 2.45) is 0 Å². The molecule has 2 nitrogen and oxygen atoms in total. The van der Waals surface area contributed by atoms with Crippen molar-refractivity contribution in [1.29, 1.82) is 0 Å². The van der Waals surface area contributed by atoms with Crippen LogP contribution < -0.4 is 9.80 Å². The van der Waals surface area contributed by atoms with Gasteiger partial charge < -0.3 is 9.80 Å². The van der Waals surface area contributed by atoms with E-state index < -0.39 is 0 Å². The van der Waals surface area contributed by atoms with Crippen LogP contribution in [0.2, 0.25) is 0 Å². The number of hydrogen-bond acceptors (Lipinski definition) is 2. The zero-order valence-electron chi connectivity index (χ0n) is 28.5. The first-order valence-corrected chi connectivity index (χ1v) is 16.8. The highest BCUT2D eigenvalue weighted by Crippen LogP contribution is 2.51. The van der Waals surface area contributed by atoms with E-state index in [1.807, 2.05) is 0 Å². The molecule has 0 aliphatic rings. The Morgan fingerprint density at radius 1 is 0.396 bits per heavy atom. The highest BCUT2D eigenvalue weighted by molar-refractivity contribution is 6.00. The Labute approximate surface area is 285 Å². The number of nitrogens with zero attached hydrogens (tertiary/aromatic N) is 2. The number of anilines is 6. The van der Waals surface area contributed by atoms with Gasteiger partial charge in [-0.15, -0.1) is 0 Å². The molecule has 0 aromatic heterocycles. The monoisotopic (exact) mass is 622 g/mol. The normalized spacial score (nSPS) is 11.4. The Morgan fingerprint density at radius 3 is 1.38 bits per heavy atom. The van der Waals surface area contributed by atoms with Crippen LogP contribution in [0.15, 0.2) is 164 Å². The zero-order valence-corrected chi connectivity index (χ0v) is 28.5. The van der Waals surface area contributed by atoms with E-state index >= 15 is 0 Å². The fraction of sp³-hybridized carbons (Fsp3) is 0.130. The van der Waals surface area contributed by atoms with Crippen molar-refractivity contribution in [3.63, 3.8) is 0 Å². The topological polar surface area (TPSA) is 6.48 Å². The summed E-state index contributed by atoms with van der Waals surface area (Å²) in [5.74, 6) is 0. The lowest BCUT2D eigenvalue weighted by Gasteiger charge is -2.35. The first-order valence-electron chi connectivity index (χ1n) is 16.8. The van der Waals surface area contributed by atoms with Crippen molar-refractivity contribution < 1.29 is 0 Å². The van der Waals surface area contributed by atoms with E-state index in [0.29, 0.717) is 0 Å². The summed E-state index contributed by atoms with van der Waals surface area (Å²) in [6.07, 6.45) is 0. The average Bonchev–Trinajstić information content (AvgIpc) is 3.10. The first-order chi connectivity index (χ1) is 23.3. The second-order valence-electron chi connectivity index (χ2n) is 13.7. The molecule has 48 heavy (non-hydrogen) atoms. The maximum atomic E-state index is 2.45. The Morgan fingerprint density at radius 2 is 0.833 bits per heavy atom. The second kappa shape index (κ2) is 12.9. The number of fused-ring (bicyclic) bond motifs is 1. The van der Waals surface area contributed by atoms with Gasteiger partial charge in [-0.05, 0) is 102 Å². The van der Waals surface area contributed by atoms with Gasteiger partial charge in [-0.3, -0.25) is 0 Å². The Balaban J connectivity index is 1.62. The molecular formula is C46H42N2. The van der Waals surface area contributed by atoms with E-state index in [1.165, 1.54) is 33.0 Å². The summed E-state index contributed by atoms with van der Waals surface area (Å²) in [5, 5.41) is 2.44. The summed E-state index contributed by atoms with van der Waals surface area (Å²) in [4.78, 5) is 4.87. The van der Waals surface area contributed by atoms with Crippen molar-refractivity contribution in [3.05, 3.63) is 180 Å². The molecule has 0 aliphatic heterocycles. The number of aryl methyl sites for hydroxylation is 2. The summed E-state index contributed by atoms with van der Waals surface area (Å²) in [7, 11) is 0. The summed E-state index contributed by atoms with van der Waals surface area (Å²) in [6.45, 7) is 11.2. The van der Waals surface area contributed by atoms with Crippen LogP contribution in [0.4, 0.5) is 34.1 Å². The maximum absolute atomic E-state index is 2.45. The predicted octanol–water partition coefficient (Wildman–Crippen LogP) is 13.4. The molecule has 236 valence electrons. The number of para-hydroxylation sites is 1. The van der Waals surface area contributed by atoms with Crippen LogP contribution in [0.5, 0.6) is 0 Å². The quantitative estimate of drug-likeness (QED) is 0.174. The minimum Gasteiger partial charge on any atom is -0.310 e. The average molecular weight is 623 g/mol. The Kier molecular flexibility index (Phi) is 8.33. The van der Waals surface area contributed by atoms with Gasteiger partial charge in [-0.2, -0.15) is 0 Å². The SMILES string of the molecule is Cc1ccc(N(c2ccccc2)c2cc(C(C)(C)C)cc(N(c3ccc(C)cc3)c3ccc4ccccc4c3)c2-c2ccccc2)cc1. The van der Waals surface area contributed by atoms with Crippen LogP contribution in [0.3, 0.4) is 0 Å². The van der Waals surface area contributed by atoms with Gasteiger partial charge in [0.2, 0.25) is 0 Å². The van der Waals surface area contributed by atoms with Crippen LogP contribution in [0, 0.1) is 13.8 Å². The molecular weight excluding hydrogens is 581 g/mol. The fourth-order valence-electron chi connectivity index (χ4n) is 6.43. The third-order valence-corrected chi connectivity index (χ3v) is 9.10. The Bertz CT molecular complexity index is 2160. The lowest BCUT2D eigenvalue weighted by Crippen LogP contribution is -2.19. The van der Waals surface area contributed by atoms with Crippen LogP contribution in [0.25, 0.3) is 21.9 Å². The van der Waals surface area contributed by atoms with Crippen molar-refractivity contribution in [1.82, 2.24) is 0 Å². The molecule has 0 amide bonds. The molecule has 0 radical (unpaired) electrons. The van der Waals surface area contributed by atoms with Crippen molar-refractivity contribution in [2.75, 3.05) is 9.80 Å². The van der Waals surface area contributed by atoms with Gasteiger partial charge in [0.1, 0.15) is 0 Å². The molecule has 0 bridgehead atoms. The molecule has 0 saturated heterocycles. The van der Waals surface area contributed by atoms with Gasteiger partial charge in [-0.25, -0.2) is 0 Å². The number of hydrogen-bond donors (Lipinski definition) is 0. The summed E-state index contributed by atoms with van der Waals surface area (Å²) in [5.41, 5.74) is 12.7. The molecule has 7 aromatic rings. The highest BCUT2D eigenvalue weighted by atomic mass is 15.2. The number of rotatable bonds is 7. The summed E-state index contributed by atoms with van der Waals surface area (Å²) >= 11 is 0. The molecule has 0 atom stereocenters. The van der Waals surface area contributed by atoms with Gasteiger partial charge in [0.15, 0.2) is 0 Å². The van der Waals surface area contributed by atoms with E-state index in [1.54, 1.807) is 0 Å². The van der Waals surface area contributed by atoms with Crippen LogP contribution in [-0.2, 0) is 5.41 Å². The zero-order chi connectivity index (χ0) is 33.3. The molecule has 7 aromatic carbocycles. The van der Waals surface area contributed by atoms with E-state index in [9.17, 15) is 0 Å². The Hall–Kier alpha value is -5.60. The van der Waals surface area contributed by atoms with Crippen LogP contribution >= 0.6 is 0 Å². The van der Waals surface area contributed by atoms with Gasteiger partial charge in [-0.1, -0.05) is 135 Å². The molecule has 0 N–H and O–H groups in total. The minimum atomic E-state index is -0.114. The fourth-order valence-corrected chi connectivity index (χ4v) is 6.43. The lowest BCUT2D eigenvalue weighted by atomic mass is 9.84. The van der Waals surface area contributed by atoms with Crippen molar-refractivity contribution >= 4 is 44.9 Å². The molecule has 0 fully saturated rings. The van der Waals surface area contributed by atoms with Gasteiger partial charge in [0, 0.05) is 28.3 Å². The van der Waals surface area contributed by atoms with Crippen molar-refractivity contribution in [2.45, 2.75) is 40.0 Å². The molecule has 2 heteroatoms. The van der Waals surface area contributed by atoms with E-state index in [4.69, 9.17) is 0 Å². The van der Waals surface area contributed by atoms with Crippen LogP contribution in [0.1, 0.15) is 37.5 Å². The maximum Gasteiger partial charge on any atom is 0.0564 e. The second-order valence-corrected chi connectivity index (χ2v) is 13.7. The highest BCUT2D eigenvalue weighted by Gasteiger charge is 2.28. The van der Waals surface area contributed by atoms with Gasteiger partial charge >= 0.3 is 0 Å². The van der Waals surface area contributed by atoms with E-state index in [-0.39, 0.29) is 5.41 Å². The third-order valence-electron chi connectivity index (χ3n) is 9.10. The number of benzene rings is 7. The van der Waals surface area contributed by atoms with E-state index in [2.05, 4.69) is 208 Å².